The Labute approximate surface area is 140 Å². The Morgan fingerprint density at radius 3 is 2.29 bits per heavy atom. The average Bonchev–Trinajstić information content (AvgIpc) is 2.53. The van der Waals surface area contributed by atoms with Crippen LogP contribution in [0.5, 0.6) is 0 Å². The third-order valence-corrected chi connectivity index (χ3v) is 4.53. The normalized spacial score (nSPS) is 11.2. The number of hydrogen-bond acceptors (Lipinski definition) is 6. The number of nitro benzene ring substituents is 1. The number of sulfone groups is 1. The molecule has 128 valence electrons. The highest BCUT2D eigenvalue weighted by Crippen LogP contribution is 2.32. The van der Waals surface area contributed by atoms with Crippen molar-refractivity contribution >= 4 is 21.2 Å². The molecule has 7 nitrogen and oxygen atoms in total. The molecule has 0 fully saturated rings. The molecule has 2 aromatic rings. The van der Waals surface area contributed by atoms with E-state index in [-0.39, 0.29) is 10.6 Å². The van der Waals surface area contributed by atoms with E-state index < -0.39 is 20.4 Å². The monoisotopic (exact) mass is 350 g/mol. The molecule has 0 aliphatic rings. The number of rotatable bonds is 7. The average molecular weight is 350 g/mol. The molecule has 0 unspecified atom stereocenters. The molecule has 0 aliphatic carbocycles. The summed E-state index contributed by atoms with van der Waals surface area (Å²) < 4.78 is 28.5. The first kappa shape index (κ1) is 17.9. The third kappa shape index (κ3) is 4.30. The smallest absolute Gasteiger partial charge is 0.310 e. The minimum Gasteiger partial charge on any atom is -0.380 e. The number of benzene rings is 2. The van der Waals surface area contributed by atoms with E-state index >= 15 is 0 Å². The largest absolute Gasteiger partial charge is 0.380 e. The van der Waals surface area contributed by atoms with Gasteiger partial charge < -0.3 is 10.1 Å². The van der Waals surface area contributed by atoms with Crippen LogP contribution in [0, 0.1) is 10.1 Å². The molecular weight excluding hydrogens is 332 g/mol. The van der Waals surface area contributed by atoms with Crippen LogP contribution in [-0.2, 0) is 27.7 Å². The highest BCUT2D eigenvalue weighted by atomic mass is 32.2. The topological polar surface area (TPSA) is 98.5 Å². The second-order valence-corrected chi connectivity index (χ2v) is 7.27. The van der Waals surface area contributed by atoms with Crippen LogP contribution in [0.15, 0.2) is 47.4 Å². The fourth-order valence-electron chi connectivity index (χ4n) is 2.27. The first-order valence-corrected chi connectivity index (χ1v) is 9.00. The van der Waals surface area contributed by atoms with Crippen LogP contribution in [0.3, 0.4) is 0 Å². The molecule has 0 radical (unpaired) electrons. The van der Waals surface area contributed by atoms with E-state index in [2.05, 4.69) is 5.32 Å². The van der Waals surface area contributed by atoms with Crippen molar-refractivity contribution in [2.24, 2.45) is 0 Å². The molecular formula is C16H18N2O5S. The van der Waals surface area contributed by atoms with Crippen LogP contribution < -0.4 is 5.32 Å². The van der Waals surface area contributed by atoms with Gasteiger partial charge in [0, 0.05) is 19.9 Å². The van der Waals surface area contributed by atoms with Gasteiger partial charge in [0.1, 0.15) is 10.6 Å². The van der Waals surface area contributed by atoms with Crippen LogP contribution in [-0.4, -0.2) is 26.7 Å². The number of para-hydroxylation sites is 1. The maximum absolute atomic E-state index is 11.7. The van der Waals surface area contributed by atoms with Crippen molar-refractivity contribution in [3.05, 3.63) is 63.7 Å². The summed E-state index contributed by atoms with van der Waals surface area (Å²) in [4.78, 5) is 10.3. The SMILES string of the molecule is COCc1ccc(CNc2cccc(S(C)(=O)=O)c2[N+](=O)[O-])cc1. The highest BCUT2D eigenvalue weighted by molar-refractivity contribution is 7.90. The van der Waals surface area contributed by atoms with Crippen molar-refractivity contribution in [1.82, 2.24) is 0 Å². The van der Waals surface area contributed by atoms with Crippen molar-refractivity contribution in [2.45, 2.75) is 18.0 Å². The Bertz CT molecular complexity index is 832. The van der Waals surface area contributed by atoms with Crippen LogP contribution in [0.2, 0.25) is 0 Å². The summed E-state index contributed by atoms with van der Waals surface area (Å²) in [5, 5.41) is 14.2. The number of ether oxygens (including phenoxy) is 1. The molecule has 0 aliphatic heterocycles. The molecule has 24 heavy (non-hydrogen) atoms. The minimum absolute atomic E-state index is 0.170. The Morgan fingerprint density at radius 2 is 1.75 bits per heavy atom. The molecule has 2 rings (SSSR count). The number of nitrogens with zero attached hydrogens (tertiary/aromatic N) is 1. The van der Waals surface area contributed by atoms with E-state index in [0.717, 1.165) is 17.4 Å². The fourth-order valence-corrected chi connectivity index (χ4v) is 3.13. The summed E-state index contributed by atoms with van der Waals surface area (Å²) in [5.41, 5.74) is 1.67. The molecule has 0 atom stereocenters. The standard InChI is InChI=1S/C16H18N2O5S/c1-23-11-13-8-6-12(7-9-13)10-17-14-4-3-5-15(24(2,21)22)16(14)18(19)20/h3-9,17H,10-11H2,1-2H3. The quantitative estimate of drug-likeness (QED) is 0.609. The highest BCUT2D eigenvalue weighted by Gasteiger charge is 2.25. The lowest BCUT2D eigenvalue weighted by molar-refractivity contribution is -0.386. The molecule has 0 spiro atoms. The molecule has 0 saturated heterocycles. The lowest BCUT2D eigenvalue weighted by atomic mass is 10.1. The minimum atomic E-state index is -3.69. The Kier molecular flexibility index (Phi) is 5.53. The van der Waals surface area contributed by atoms with Crippen LogP contribution >= 0.6 is 0 Å². The van der Waals surface area contributed by atoms with Gasteiger partial charge >= 0.3 is 5.69 Å². The van der Waals surface area contributed by atoms with E-state index in [9.17, 15) is 18.5 Å². The van der Waals surface area contributed by atoms with Crippen LogP contribution in [0.25, 0.3) is 0 Å². The van der Waals surface area contributed by atoms with Crippen molar-refractivity contribution < 1.29 is 18.1 Å². The summed E-state index contributed by atoms with van der Waals surface area (Å²) in [6.07, 6.45) is 0.952. The summed E-state index contributed by atoms with van der Waals surface area (Å²) >= 11 is 0. The van der Waals surface area contributed by atoms with Gasteiger partial charge in [-0.05, 0) is 23.3 Å². The summed E-state index contributed by atoms with van der Waals surface area (Å²) in [6.45, 7) is 0.844. The molecule has 2 aromatic carbocycles. The summed E-state index contributed by atoms with van der Waals surface area (Å²) in [6, 6.07) is 11.8. The van der Waals surface area contributed by atoms with Crippen LogP contribution in [0.4, 0.5) is 11.4 Å². The molecule has 8 heteroatoms. The summed E-state index contributed by atoms with van der Waals surface area (Å²) in [5.74, 6) is 0. The van der Waals surface area contributed by atoms with Gasteiger partial charge in [-0.25, -0.2) is 8.42 Å². The van der Waals surface area contributed by atoms with Gasteiger partial charge in [0.2, 0.25) is 0 Å². The number of anilines is 1. The Morgan fingerprint density at radius 1 is 1.12 bits per heavy atom. The maximum Gasteiger partial charge on any atom is 0.310 e. The number of methoxy groups -OCH3 is 1. The number of nitrogens with one attached hydrogen (secondary N) is 1. The first-order chi connectivity index (χ1) is 11.3. The first-order valence-electron chi connectivity index (χ1n) is 7.11. The zero-order chi connectivity index (χ0) is 17.7. The van der Waals surface area contributed by atoms with Gasteiger partial charge in [-0.15, -0.1) is 0 Å². The predicted molar refractivity (Wildman–Crippen MR) is 90.7 cm³/mol. The second-order valence-electron chi connectivity index (χ2n) is 5.28. The summed E-state index contributed by atoms with van der Waals surface area (Å²) in [7, 11) is -2.08. The van der Waals surface area contributed by atoms with E-state index in [1.54, 1.807) is 7.11 Å². The molecule has 0 saturated carbocycles. The van der Waals surface area contributed by atoms with Gasteiger partial charge in [-0.3, -0.25) is 10.1 Å². The van der Waals surface area contributed by atoms with Gasteiger partial charge in [-0.1, -0.05) is 30.3 Å². The lowest BCUT2D eigenvalue weighted by Crippen LogP contribution is -2.07. The third-order valence-electron chi connectivity index (χ3n) is 3.40. The van der Waals surface area contributed by atoms with E-state index in [4.69, 9.17) is 4.74 Å². The zero-order valence-corrected chi connectivity index (χ0v) is 14.2. The Hall–Kier alpha value is -2.45. The van der Waals surface area contributed by atoms with Crippen LogP contribution in [0.1, 0.15) is 11.1 Å². The lowest BCUT2D eigenvalue weighted by Gasteiger charge is -2.10. The maximum atomic E-state index is 11.7. The fraction of sp³-hybridized carbons (Fsp3) is 0.250. The van der Waals surface area contributed by atoms with Crippen molar-refractivity contribution in [3.63, 3.8) is 0 Å². The molecule has 0 heterocycles. The van der Waals surface area contributed by atoms with E-state index in [0.29, 0.717) is 13.2 Å². The van der Waals surface area contributed by atoms with Gasteiger partial charge in [-0.2, -0.15) is 0 Å². The van der Waals surface area contributed by atoms with Crippen molar-refractivity contribution in [3.8, 4) is 0 Å². The molecule has 1 N–H and O–H groups in total. The number of nitro groups is 1. The molecule has 0 aromatic heterocycles. The van der Waals surface area contributed by atoms with Gasteiger partial charge in [0.15, 0.2) is 9.84 Å². The Balaban J connectivity index is 2.25. The molecule has 0 amide bonds. The number of hydrogen-bond donors (Lipinski definition) is 1. The van der Waals surface area contributed by atoms with Crippen molar-refractivity contribution in [1.29, 1.82) is 0 Å². The predicted octanol–water partition coefficient (Wildman–Crippen LogP) is 2.76. The van der Waals surface area contributed by atoms with E-state index in [1.807, 2.05) is 24.3 Å². The molecule has 0 bridgehead atoms. The van der Waals surface area contributed by atoms with Gasteiger partial charge in [0.25, 0.3) is 0 Å². The zero-order valence-electron chi connectivity index (χ0n) is 13.4. The van der Waals surface area contributed by atoms with Gasteiger partial charge in [0.05, 0.1) is 11.5 Å². The van der Waals surface area contributed by atoms with E-state index in [1.165, 1.54) is 18.2 Å². The van der Waals surface area contributed by atoms with Crippen molar-refractivity contribution in [2.75, 3.05) is 18.7 Å². The second kappa shape index (κ2) is 7.41.